The summed E-state index contributed by atoms with van der Waals surface area (Å²) in [4.78, 5) is 11.9. The van der Waals surface area contributed by atoms with E-state index < -0.39 is 10.1 Å². The molecule has 0 N–H and O–H groups in total. The van der Waals surface area contributed by atoms with Gasteiger partial charge in [-0.05, 0) is 43.5 Å². The van der Waals surface area contributed by atoms with Crippen LogP contribution in [0.15, 0.2) is 0 Å². The van der Waals surface area contributed by atoms with Gasteiger partial charge in [0, 0.05) is 12.3 Å². The molecule has 0 rings (SSSR count). The van der Waals surface area contributed by atoms with E-state index in [9.17, 15) is 13.2 Å². The quantitative estimate of drug-likeness (QED) is 0.520. The second-order valence-corrected chi connectivity index (χ2v) is 9.05. The van der Waals surface area contributed by atoms with E-state index in [1.165, 1.54) is 0 Å². The number of thiol groups is 1. The summed E-state index contributed by atoms with van der Waals surface area (Å²) >= 11 is 3.33. The molecule has 0 aromatic carbocycles. The fourth-order valence-electron chi connectivity index (χ4n) is 2.25. The lowest BCUT2D eigenvalue weighted by molar-refractivity contribution is -0.123. The van der Waals surface area contributed by atoms with E-state index in [0.29, 0.717) is 19.3 Å². The molecule has 0 aliphatic rings. The number of hydrogen-bond donors (Lipinski definition) is 1. The van der Waals surface area contributed by atoms with Crippen molar-refractivity contribution in [1.82, 2.24) is 0 Å². The van der Waals surface area contributed by atoms with Crippen LogP contribution in [0.4, 0.5) is 0 Å². The molecule has 0 aliphatic heterocycles. The molecule has 0 radical (unpaired) electrons. The van der Waals surface area contributed by atoms with Gasteiger partial charge in [0.15, 0.2) is 0 Å². The molecule has 120 valence electrons. The second kappa shape index (κ2) is 8.39. The van der Waals surface area contributed by atoms with Gasteiger partial charge in [0.2, 0.25) is 0 Å². The van der Waals surface area contributed by atoms with Crippen LogP contribution in [0, 0.1) is 17.3 Å². The predicted molar refractivity (Wildman–Crippen MR) is 85.1 cm³/mol. The van der Waals surface area contributed by atoms with Crippen LogP contribution in [0.2, 0.25) is 0 Å². The summed E-state index contributed by atoms with van der Waals surface area (Å²) < 4.78 is 26.6. The van der Waals surface area contributed by atoms with Gasteiger partial charge in [-0.25, -0.2) is 3.63 Å². The summed E-state index contributed by atoms with van der Waals surface area (Å²) in [6.07, 6.45) is 2.64. The molecule has 0 spiro atoms. The van der Waals surface area contributed by atoms with Crippen LogP contribution in [0.1, 0.15) is 60.3 Å². The summed E-state index contributed by atoms with van der Waals surface area (Å²) in [5.41, 5.74) is 0.126. The maximum atomic E-state index is 11.9. The van der Waals surface area contributed by atoms with Crippen molar-refractivity contribution in [1.29, 1.82) is 0 Å². The number of rotatable bonds is 9. The van der Waals surface area contributed by atoms with Crippen molar-refractivity contribution < 1.29 is 16.8 Å². The van der Waals surface area contributed by atoms with Crippen molar-refractivity contribution in [3.8, 4) is 0 Å². The van der Waals surface area contributed by atoms with Gasteiger partial charge in [-0.15, -0.1) is 0 Å². The van der Waals surface area contributed by atoms with Crippen molar-refractivity contribution in [2.75, 3.05) is 5.75 Å². The maximum Gasteiger partial charge on any atom is 0.277 e. The highest BCUT2D eigenvalue weighted by Gasteiger charge is 2.23. The number of carbonyl (C=O) groups is 1. The van der Waals surface area contributed by atoms with Crippen LogP contribution >= 0.6 is 12.9 Å². The molecule has 6 heteroatoms. The van der Waals surface area contributed by atoms with Crippen molar-refractivity contribution in [3.05, 3.63) is 0 Å². The lowest BCUT2D eigenvalue weighted by atomic mass is 9.79. The molecule has 0 fully saturated rings. The first-order chi connectivity index (χ1) is 8.97. The number of carbonyl (C=O) groups excluding carboxylic acids is 1. The van der Waals surface area contributed by atoms with Crippen LogP contribution < -0.4 is 0 Å². The van der Waals surface area contributed by atoms with Gasteiger partial charge in [0.05, 0.1) is 5.75 Å². The Labute approximate surface area is 129 Å². The van der Waals surface area contributed by atoms with Gasteiger partial charge >= 0.3 is 0 Å². The zero-order valence-electron chi connectivity index (χ0n) is 13.2. The monoisotopic (exact) mass is 324 g/mol. The lowest BCUT2D eigenvalue weighted by Crippen LogP contribution is -2.20. The van der Waals surface area contributed by atoms with E-state index >= 15 is 0 Å². The van der Waals surface area contributed by atoms with Crippen molar-refractivity contribution in [2.24, 2.45) is 17.3 Å². The topological polar surface area (TPSA) is 60.4 Å². The summed E-state index contributed by atoms with van der Waals surface area (Å²) in [6.45, 7) is 10.2. The summed E-state index contributed by atoms with van der Waals surface area (Å²) in [7, 11) is -3.52. The van der Waals surface area contributed by atoms with E-state index in [1.54, 1.807) is 0 Å². The number of Topliss-reactive ketones (excluding diaryl/α,β-unsaturated/α-hetero) is 1. The van der Waals surface area contributed by atoms with E-state index in [-0.39, 0.29) is 28.8 Å². The second-order valence-electron chi connectivity index (χ2n) is 6.93. The molecule has 1 atom stereocenters. The summed E-state index contributed by atoms with van der Waals surface area (Å²) in [5.74, 6) is 0.446. The van der Waals surface area contributed by atoms with Gasteiger partial charge < -0.3 is 0 Å². The van der Waals surface area contributed by atoms with Crippen molar-refractivity contribution in [2.45, 2.75) is 60.3 Å². The lowest BCUT2D eigenvalue weighted by Gasteiger charge is -2.26. The Kier molecular flexibility index (Phi) is 8.36. The third-order valence-electron chi connectivity index (χ3n) is 3.16. The predicted octanol–water partition coefficient (Wildman–Crippen LogP) is 3.63. The fourth-order valence-corrected chi connectivity index (χ4v) is 3.07. The minimum Gasteiger partial charge on any atom is -0.299 e. The zero-order valence-corrected chi connectivity index (χ0v) is 14.9. The summed E-state index contributed by atoms with van der Waals surface area (Å²) in [5, 5.41) is 0. The van der Waals surface area contributed by atoms with E-state index in [4.69, 9.17) is 0 Å². The van der Waals surface area contributed by atoms with Gasteiger partial charge in [0.1, 0.15) is 5.78 Å². The first-order valence-electron chi connectivity index (χ1n) is 7.05. The van der Waals surface area contributed by atoms with Crippen LogP contribution in [-0.2, 0) is 18.5 Å². The molecular formula is C14H28O4S2. The van der Waals surface area contributed by atoms with Gasteiger partial charge in [-0.1, -0.05) is 34.6 Å². The average Bonchev–Trinajstić information content (AvgIpc) is 2.26. The Balaban J connectivity index is 4.51. The molecular weight excluding hydrogens is 296 g/mol. The normalized spacial score (nSPS) is 14.6. The molecule has 0 bridgehead atoms. The number of hydrogen-bond acceptors (Lipinski definition) is 5. The first kappa shape index (κ1) is 19.9. The Morgan fingerprint density at radius 2 is 1.80 bits per heavy atom. The van der Waals surface area contributed by atoms with Gasteiger partial charge in [0.25, 0.3) is 10.1 Å². The largest absolute Gasteiger partial charge is 0.299 e. The maximum absolute atomic E-state index is 11.9. The summed E-state index contributed by atoms with van der Waals surface area (Å²) in [6, 6.07) is 0. The first-order valence-corrected chi connectivity index (χ1v) is 8.99. The third-order valence-corrected chi connectivity index (χ3v) is 4.85. The SMILES string of the molecule is CC(C)C(=O)CC(CCCS(=O)(=O)OS)CC(C)(C)C. The van der Waals surface area contributed by atoms with Crippen molar-refractivity contribution >= 4 is 28.8 Å². The zero-order chi connectivity index (χ0) is 16.0. The fraction of sp³-hybridized carbons (Fsp3) is 0.929. The van der Waals surface area contributed by atoms with Crippen LogP contribution in [0.5, 0.6) is 0 Å². The van der Waals surface area contributed by atoms with E-state index in [0.717, 1.165) is 6.42 Å². The molecule has 0 aromatic heterocycles. The van der Waals surface area contributed by atoms with E-state index in [2.05, 4.69) is 37.3 Å². The molecule has 0 saturated carbocycles. The van der Waals surface area contributed by atoms with Gasteiger partial charge in [-0.2, -0.15) is 8.42 Å². The van der Waals surface area contributed by atoms with Crippen LogP contribution in [0.3, 0.4) is 0 Å². The minimum atomic E-state index is -3.52. The Hall–Kier alpha value is -0.0700. The molecule has 0 aliphatic carbocycles. The standard InChI is InChI=1S/C14H28O4S2/c1-11(2)13(15)9-12(10-14(3,4)5)7-6-8-20(16,17)18-19/h11-12,19H,6-10H2,1-5H3. The smallest absolute Gasteiger partial charge is 0.277 e. The Bertz CT molecular complexity index is 394. The molecule has 0 heterocycles. The minimum absolute atomic E-state index is 0.0296. The van der Waals surface area contributed by atoms with Crippen molar-refractivity contribution in [3.63, 3.8) is 0 Å². The van der Waals surface area contributed by atoms with Crippen LogP contribution in [-0.4, -0.2) is 20.0 Å². The average molecular weight is 325 g/mol. The molecule has 0 aromatic rings. The molecule has 4 nitrogen and oxygen atoms in total. The highest BCUT2D eigenvalue weighted by molar-refractivity contribution is 7.95. The number of ketones is 1. The molecule has 1 unspecified atom stereocenters. The molecule has 0 amide bonds. The Morgan fingerprint density at radius 3 is 2.20 bits per heavy atom. The Morgan fingerprint density at radius 1 is 1.25 bits per heavy atom. The molecule has 20 heavy (non-hydrogen) atoms. The molecule has 0 saturated heterocycles. The van der Waals surface area contributed by atoms with Crippen LogP contribution in [0.25, 0.3) is 0 Å². The highest BCUT2D eigenvalue weighted by atomic mass is 32.3. The highest BCUT2D eigenvalue weighted by Crippen LogP contribution is 2.30. The van der Waals surface area contributed by atoms with E-state index in [1.807, 2.05) is 13.8 Å². The van der Waals surface area contributed by atoms with Gasteiger partial charge in [-0.3, -0.25) is 4.79 Å². The third kappa shape index (κ3) is 9.77.